The molecule has 4 rings (SSSR count). The van der Waals surface area contributed by atoms with Gasteiger partial charge < -0.3 is 4.90 Å². The maximum Gasteiger partial charge on any atom is 0.270 e. The summed E-state index contributed by atoms with van der Waals surface area (Å²) >= 11 is 6.90. The molecule has 35 heavy (non-hydrogen) atoms. The number of thiocarbonyl (C=S) groups is 1. The molecule has 2 aliphatic heterocycles. The lowest BCUT2D eigenvalue weighted by molar-refractivity contribution is -0.123. The van der Waals surface area contributed by atoms with E-state index in [1.54, 1.807) is 9.47 Å². The van der Waals surface area contributed by atoms with E-state index in [0.717, 1.165) is 55.7 Å². The fraction of sp³-hybridized carbons (Fsp3) is 0.407. The molecule has 0 bridgehead atoms. The van der Waals surface area contributed by atoms with Crippen LogP contribution < -0.4 is 10.5 Å². The Kier molecular flexibility index (Phi) is 7.78. The number of hydrogen-bond acceptors (Lipinski definition) is 6. The largest absolute Gasteiger partial charge is 0.357 e. The Morgan fingerprint density at radius 1 is 1.17 bits per heavy atom. The first-order chi connectivity index (χ1) is 16.9. The van der Waals surface area contributed by atoms with Crippen molar-refractivity contribution in [2.24, 2.45) is 0 Å². The third-order valence-electron chi connectivity index (χ3n) is 6.72. The molecule has 3 heterocycles. The van der Waals surface area contributed by atoms with E-state index < -0.39 is 0 Å². The molecule has 0 radical (unpaired) electrons. The quantitative estimate of drug-likeness (QED) is 0.386. The van der Waals surface area contributed by atoms with Crippen LogP contribution in [-0.2, 0) is 11.3 Å². The zero-order chi connectivity index (χ0) is 25.1. The highest BCUT2D eigenvalue weighted by Gasteiger charge is 2.36. The molecule has 0 saturated carbocycles. The molecule has 2 saturated heterocycles. The van der Waals surface area contributed by atoms with Crippen LogP contribution in [-0.4, -0.2) is 32.8 Å². The Labute approximate surface area is 216 Å². The number of piperidine rings is 1. The van der Waals surface area contributed by atoms with Crippen LogP contribution in [0.5, 0.6) is 0 Å². The minimum Gasteiger partial charge on any atom is -0.357 e. The number of aromatic nitrogens is 1. The number of anilines is 1. The van der Waals surface area contributed by atoms with Crippen molar-refractivity contribution in [3.8, 4) is 6.07 Å². The summed E-state index contributed by atoms with van der Waals surface area (Å²) in [6.45, 7) is 8.02. The number of amides is 1. The third kappa shape index (κ3) is 4.80. The van der Waals surface area contributed by atoms with Gasteiger partial charge in [-0.05, 0) is 56.7 Å². The molecule has 0 aliphatic carbocycles. The highest BCUT2D eigenvalue weighted by atomic mass is 32.2. The molecule has 1 aromatic carbocycles. The Morgan fingerprint density at radius 2 is 1.86 bits per heavy atom. The molecular formula is C27H30N4O2S2. The number of carbonyl (C=O) groups is 1. The van der Waals surface area contributed by atoms with E-state index in [2.05, 4.69) is 11.0 Å². The Hall–Kier alpha value is -2.89. The van der Waals surface area contributed by atoms with Gasteiger partial charge in [-0.25, -0.2) is 0 Å². The van der Waals surface area contributed by atoms with Gasteiger partial charge in [-0.1, -0.05) is 61.2 Å². The molecule has 2 aliphatic rings. The number of thioether (sulfide) groups is 1. The van der Waals surface area contributed by atoms with Crippen molar-refractivity contribution < 1.29 is 4.79 Å². The minimum absolute atomic E-state index is 0.138. The maximum absolute atomic E-state index is 13.6. The first-order valence-corrected chi connectivity index (χ1v) is 13.4. The van der Waals surface area contributed by atoms with E-state index in [9.17, 15) is 14.9 Å². The summed E-state index contributed by atoms with van der Waals surface area (Å²) in [6.07, 6.45) is 5.88. The average molecular weight is 507 g/mol. The van der Waals surface area contributed by atoms with Crippen LogP contribution in [0.2, 0.25) is 0 Å². The van der Waals surface area contributed by atoms with E-state index in [1.165, 1.54) is 11.8 Å². The lowest BCUT2D eigenvalue weighted by Crippen LogP contribution is -2.37. The van der Waals surface area contributed by atoms with Gasteiger partial charge >= 0.3 is 0 Å². The topological polar surface area (TPSA) is 69.3 Å². The summed E-state index contributed by atoms with van der Waals surface area (Å²) in [5.41, 5.74) is 2.28. The highest BCUT2D eigenvalue weighted by Crippen LogP contribution is 2.40. The number of benzene rings is 1. The molecular weight excluding hydrogens is 476 g/mol. The summed E-state index contributed by atoms with van der Waals surface area (Å²) in [5, 5.41) is 9.81. The van der Waals surface area contributed by atoms with Gasteiger partial charge in [0.25, 0.3) is 11.5 Å². The molecule has 8 heteroatoms. The second kappa shape index (κ2) is 10.8. The van der Waals surface area contributed by atoms with Crippen molar-refractivity contribution in [1.82, 2.24) is 9.47 Å². The SMILES string of the molecule is CCCn1c(N2CCCCC2)c(/C=C2\SC(=S)N(C(C)c3ccccc3)C2=O)c(C)c(C#N)c1=O. The van der Waals surface area contributed by atoms with Crippen LogP contribution in [0.3, 0.4) is 0 Å². The standard InChI is InChI=1S/C27H30N4O2S2/c1-4-13-30-24(29-14-9-6-10-15-29)21(18(2)22(17-28)25(30)32)16-23-26(33)31(27(34)35-23)19(3)20-11-7-5-8-12-20/h5,7-8,11-12,16,19H,4,6,9-10,13-15H2,1-3H3/b23-16-. The van der Waals surface area contributed by atoms with Gasteiger partial charge in [-0.3, -0.25) is 19.1 Å². The third-order valence-corrected chi connectivity index (χ3v) is 8.05. The summed E-state index contributed by atoms with van der Waals surface area (Å²) < 4.78 is 2.24. The molecule has 1 unspecified atom stereocenters. The first kappa shape index (κ1) is 25.2. The molecule has 1 aromatic heterocycles. The molecule has 6 nitrogen and oxygen atoms in total. The van der Waals surface area contributed by atoms with Gasteiger partial charge in [-0.2, -0.15) is 5.26 Å². The zero-order valence-corrected chi connectivity index (χ0v) is 22.0. The Bertz CT molecular complexity index is 1270. The van der Waals surface area contributed by atoms with Crippen molar-refractivity contribution in [3.05, 3.63) is 67.8 Å². The number of hydrogen-bond donors (Lipinski definition) is 0. The number of rotatable bonds is 6. The minimum atomic E-state index is -0.255. The van der Waals surface area contributed by atoms with E-state index in [1.807, 2.05) is 57.2 Å². The Balaban J connectivity index is 1.85. The number of nitriles is 1. The van der Waals surface area contributed by atoms with Gasteiger partial charge in [0.05, 0.1) is 10.9 Å². The summed E-state index contributed by atoms with van der Waals surface area (Å²) in [5.74, 6) is 0.668. The number of pyridine rings is 1. The first-order valence-electron chi connectivity index (χ1n) is 12.1. The fourth-order valence-corrected chi connectivity index (χ4v) is 6.25. The molecule has 1 atom stereocenters. The number of nitrogens with zero attached hydrogens (tertiary/aromatic N) is 4. The fourth-order valence-electron chi connectivity index (χ4n) is 4.85. The lowest BCUT2D eigenvalue weighted by atomic mass is 10.0. The molecule has 182 valence electrons. The monoisotopic (exact) mass is 506 g/mol. The van der Waals surface area contributed by atoms with E-state index in [4.69, 9.17) is 12.2 Å². The van der Waals surface area contributed by atoms with E-state index >= 15 is 0 Å². The Morgan fingerprint density at radius 3 is 2.49 bits per heavy atom. The second-order valence-corrected chi connectivity index (χ2v) is 10.7. The average Bonchev–Trinajstić information content (AvgIpc) is 3.15. The molecule has 2 aromatic rings. The van der Waals surface area contributed by atoms with Gasteiger partial charge in [0.1, 0.15) is 21.8 Å². The van der Waals surface area contributed by atoms with Gasteiger partial charge in [0, 0.05) is 25.2 Å². The summed E-state index contributed by atoms with van der Waals surface area (Å²) in [4.78, 5) is 31.3. The van der Waals surface area contributed by atoms with Crippen LogP contribution in [0.1, 0.15) is 67.8 Å². The van der Waals surface area contributed by atoms with Gasteiger partial charge in [-0.15, -0.1) is 0 Å². The second-order valence-electron chi connectivity index (χ2n) is 8.99. The van der Waals surface area contributed by atoms with E-state index in [-0.39, 0.29) is 23.1 Å². The molecule has 0 N–H and O–H groups in total. The highest BCUT2D eigenvalue weighted by molar-refractivity contribution is 8.26. The maximum atomic E-state index is 13.6. The van der Waals surface area contributed by atoms with Crippen molar-refractivity contribution in [3.63, 3.8) is 0 Å². The number of carbonyl (C=O) groups excluding carboxylic acids is 1. The predicted octanol–water partition coefficient (Wildman–Crippen LogP) is 5.39. The van der Waals surface area contributed by atoms with Crippen molar-refractivity contribution >= 4 is 46.1 Å². The molecule has 1 amide bonds. The molecule has 2 fully saturated rings. The zero-order valence-electron chi connectivity index (χ0n) is 20.4. The van der Waals surface area contributed by atoms with Crippen molar-refractivity contribution in [1.29, 1.82) is 5.26 Å². The van der Waals surface area contributed by atoms with Crippen LogP contribution in [0, 0.1) is 18.3 Å². The van der Waals surface area contributed by atoms with Crippen LogP contribution in [0.25, 0.3) is 6.08 Å². The van der Waals surface area contributed by atoms with Gasteiger partial charge in [0.15, 0.2) is 0 Å². The lowest BCUT2D eigenvalue weighted by Gasteiger charge is -2.33. The summed E-state index contributed by atoms with van der Waals surface area (Å²) in [6, 6.07) is 11.8. The predicted molar refractivity (Wildman–Crippen MR) is 146 cm³/mol. The van der Waals surface area contributed by atoms with Crippen molar-refractivity contribution in [2.45, 2.75) is 59.0 Å². The van der Waals surface area contributed by atoms with E-state index in [0.29, 0.717) is 21.3 Å². The summed E-state index contributed by atoms with van der Waals surface area (Å²) in [7, 11) is 0. The van der Waals surface area contributed by atoms with Crippen LogP contribution in [0.15, 0.2) is 40.0 Å². The van der Waals surface area contributed by atoms with Gasteiger partial charge in [0.2, 0.25) is 0 Å². The normalized spacial score (nSPS) is 18.3. The van der Waals surface area contributed by atoms with Crippen molar-refractivity contribution in [2.75, 3.05) is 18.0 Å². The smallest absolute Gasteiger partial charge is 0.270 e. The van der Waals surface area contributed by atoms with Crippen LogP contribution in [0.4, 0.5) is 5.82 Å². The molecule has 0 spiro atoms. The van der Waals surface area contributed by atoms with Crippen LogP contribution >= 0.6 is 24.0 Å².